The molecule has 0 saturated carbocycles. The van der Waals surface area contributed by atoms with Crippen molar-refractivity contribution in [3.63, 3.8) is 0 Å². The van der Waals surface area contributed by atoms with Gasteiger partial charge in [0.05, 0.1) is 23.7 Å². The fraction of sp³-hybridized carbons (Fsp3) is 0.192. The number of para-hydroxylation sites is 1. The van der Waals surface area contributed by atoms with Crippen LogP contribution in [0, 0.1) is 6.92 Å². The summed E-state index contributed by atoms with van der Waals surface area (Å²) in [6.45, 7) is 3.92. The average Bonchev–Trinajstić information content (AvgIpc) is 3.58. The number of furan rings is 1. The van der Waals surface area contributed by atoms with Crippen LogP contribution < -0.4 is 0 Å². The summed E-state index contributed by atoms with van der Waals surface area (Å²) in [4.78, 5) is 12.9. The van der Waals surface area contributed by atoms with Crippen molar-refractivity contribution in [3.05, 3.63) is 96.1 Å². The molecule has 1 amide bonds. The number of hydrogen-bond donors (Lipinski definition) is 0. The SMILES string of the molecule is CCC(=O)N1N=C(c2ccco2)C[C@H]1c1cn(-c2ccccc2)nc1-c1cccc(C)c1. The van der Waals surface area contributed by atoms with E-state index < -0.39 is 0 Å². The van der Waals surface area contributed by atoms with Gasteiger partial charge in [-0.05, 0) is 37.3 Å². The van der Waals surface area contributed by atoms with Gasteiger partial charge in [0, 0.05) is 30.2 Å². The first-order valence-corrected chi connectivity index (χ1v) is 10.8. The van der Waals surface area contributed by atoms with E-state index in [2.05, 4.69) is 30.2 Å². The molecule has 0 fully saturated rings. The maximum Gasteiger partial charge on any atom is 0.242 e. The summed E-state index contributed by atoms with van der Waals surface area (Å²) in [5, 5.41) is 11.2. The largest absolute Gasteiger partial charge is 0.463 e. The molecule has 0 bridgehead atoms. The van der Waals surface area contributed by atoms with E-state index >= 15 is 0 Å². The number of rotatable bonds is 5. The van der Waals surface area contributed by atoms with Crippen molar-refractivity contribution in [2.75, 3.05) is 0 Å². The zero-order chi connectivity index (χ0) is 22.1. The molecule has 1 aliphatic rings. The van der Waals surface area contributed by atoms with Crippen LogP contribution in [-0.4, -0.2) is 26.4 Å². The molecule has 6 heteroatoms. The van der Waals surface area contributed by atoms with Gasteiger partial charge in [-0.3, -0.25) is 4.79 Å². The second kappa shape index (κ2) is 8.30. The minimum atomic E-state index is -0.254. The van der Waals surface area contributed by atoms with E-state index in [1.165, 1.54) is 0 Å². The van der Waals surface area contributed by atoms with Crippen molar-refractivity contribution in [1.82, 2.24) is 14.8 Å². The predicted molar refractivity (Wildman–Crippen MR) is 123 cm³/mol. The lowest BCUT2D eigenvalue weighted by Crippen LogP contribution is -2.26. The van der Waals surface area contributed by atoms with Crippen molar-refractivity contribution >= 4 is 11.6 Å². The molecule has 32 heavy (non-hydrogen) atoms. The minimum absolute atomic E-state index is 0.0285. The van der Waals surface area contributed by atoms with Crippen molar-refractivity contribution in [3.8, 4) is 16.9 Å². The number of amides is 1. The molecule has 1 atom stereocenters. The number of aromatic nitrogens is 2. The second-order valence-corrected chi connectivity index (χ2v) is 7.92. The van der Waals surface area contributed by atoms with Crippen molar-refractivity contribution < 1.29 is 9.21 Å². The van der Waals surface area contributed by atoms with Gasteiger partial charge in [-0.1, -0.05) is 48.9 Å². The molecule has 1 aliphatic heterocycles. The van der Waals surface area contributed by atoms with Gasteiger partial charge in [-0.25, -0.2) is 9.69 Å². The third-order valence-corrected chi connectivity index (χ3v) is 5.69. The summed E-state index contributed by atoms with van der Waals surface area (Å²) >= 11 is 0. The highest BCUT2D eigenvalue weighted by Crippen LogP contribution is 2.38. The van der Waals surface area contributed by atoms with E-state index in [4.69, 9.17) is 9.52 Å². The maximum atomic E-state index is 12.9. The molecule has 3 heterocycles. The Bertz CT molecular complexity index is 1270. The predicted octanol–water partition coefficient (Wildman–Crippen LogP) is 5.53. The summed E-state index contributed by atoms with van der Waals surface area (Å²) in [6.07, 6.45) is 4.59. The quantitative estimate of drug-likeness (QED) is 0.423. The Morgan fingerprint density at radius 3 is 2.66 bits per heavy atom. The molecule has 0 aliphatic carbocycles. The van der Waals surface area contributed by atoms with E-state index in [9.17, 15) is 4.79 Å². The first kappa shape index (κ1) is 20.0. The van der Waals surface area contributed by atoms with Crippen LogP contribution in [0.4, 0.5) is 0 Å². The number of aryl methyl sites for hydroxylation is 1. The molecule has 0 saturated heterocycles. The van der Waals surface area contributed by atoms with Crippen molar-refractivity contribution in [2.45, 2.75) is 32.7 Å². The zero-order valence-corrected chi connectivity index (χ0v) is 18.1. The van der Waals surface area contributed by atoms with Crippen LogP contribution in [0.15, 0.2) is 88.7 Å². The normalized spacial score (nSPS) is 15.8. The van der Waals surface area contributed by atoms with Gasteiger partial charge < -0.3 is 4.42 Å². The Balaban J connectivity index is 1.64. The Morgan fingerprint density at radius 2 is 1.94 bits per heavy atom. The summed E-state index contributed by atoms with van der Waals surface area (Å²) in [5.74, 6) is 0.660. The summed E-state index contributed by atoms with van der Waals surface area (Å²) in [7, 11) is 0. The van der Waals surface area contributed by atoms with Crippen LogP contribution in [0.5, 0.6) is 0 Å². The second-order valence-electron chi connectivity index (χ2n) is 7.92. The van der Waals surface area contributed by atoms with E-state index in [1.807, 2.05) is 66.3 Å². The van der Waals surface area contributed by atoms with Gasteiger partial charge in [0.1, 0.15) is 11.5 Å². The Kier molecular flexibility index (Phi) is 5.19. The van der Waals surface area contributed by atoms with Gasteiger partial charge in [-0.2, -0.15) is 10.2 Å². The Morgan fingerprint density at radius 1 is 1.09 bits per heavy atom. The van der Waals surface area contributed by atoms with E-state index in [1.54, 1.807) is 11.3 Å². The highest BCUT2D eigenvalue weighted by molar-refractivity contribution is 6.01. The third-order valence-electron chi connectivity index (χ3n) is 5.69. The molecule has 4 aromatic rings. The lowest BCUT2D eigenvalue weighted by molar-refractivity contribution is -0.132. The number of carbonyl (C=O) groups is 1. The molecule has 2 aromatic heterocycles. The number of hydrogen-bond acceptors (Lipinski definition) is 4. The molecule has 160 valence electrons. The fourth-order valence-corrected chi connectivity index (χ4v) is 4.10. The van der Waals surface area contributed by atoms with Gasteiger partial charge in [0.25, 0.3) is 0 Å². The Labute approximate surface area is 186 Å². The van der Waals surface area contributed by atoms with E-state index in [-0.39, 0.29) is 11.9 Å². The highest BCUT2D eigenvalue weighted by Gasteiger charge is 2.36. The molecular weight excluding hydrogens is 400 g/mol. The zero-order valence-electron chi connectivity index (χ0n) is 18.1. The Hall–Kier alpha value is -3.93. The van der Waals surface area contributed by atoms with Gasteiger partial charge >= 0.3 is 0 Å². The van der Waals surface area contributed by atoms with E-state index in [0.717, 1.165) is 33.8 Å². The smallest absolute Gasteiger partial charge is 0.242 e. The van der Waals surface area contributed by atoms with Crippen LogP contribution in [0.25, 0.3) is 16.9 Å². The average molecular weight is 425 g/mol. The number of hydrazone groups is 1. The molecule has 2 aromatic carbocycles. The first-order valence-electron chi connectivity index (χ1n) is 10.8. The lowest BCUT2D eigenvalue weighted by Gasteiger charge is -2.21. The van der Waals surface area contributed by atoms with Gasteiger partial charge in [-0.15, -0.1) is 0 Å². The standard InChI is InChI=1S/C26H24N4O2/c1-3-25(31)30-23(16-22(27-30)24-13-8-14-32-24)21-17-29(20-11-5-4-6-12-20)28-26(21)19-10-7-9-18(2)15-19/h4-15,17,23H,3,16H2,1-2H3/t23-/m0/s1. The summed E-state index contributed by atoms with van der Waals surface area (Å²) < 4.78 is 7.46. The molecule has 0 spiro atoms. The summed E-state index contributed by atoms with van der Waals surface area (Å²) in [5.41, 5.74) is 5.72. The molecule has 6 nitrogen and oxygen atoms in total. The van der Waals surface area contributed by atoms with Crippen molar-refractivity contribution in [2.24, 2.45) is 5.10 Å². The molecule has 0 N–H and O–H groups in total. The monoisotopic (exact) mass is 424 g/mol. The van der Waals surface area contributed by atoms with E-state index in [0.29, 0.717) is 18.6 Å². The summed E-state index contributed by atoms with van der Waals surface area (Å²) in [6, 6.07) is 21.7. The van der Waals surface area contributed by atoms with Crippen LogP contribution in [0.1, 0.15) is 42.7 Å². The van der Waals surface area contributed by atoms with Gasteiger partial charge in [0.2, 0.25) is 5.91 Å². The number of carbonyl (C=O) groups excluding carboxylic acids is 1. The van der Waals surface area contributed by atoms with Crippen LogP contribution >= 0.6 is 0 Å². The van der Waals surface area contributed by atoms with Crippen LogP contribution in [0.3, 0.4) is 0 Å². The topological polar surface area (TPSA) is 63.6 Å². The number of nitrogens with zero attached hydrogens (tertiary/aromatic N) is 4. The lowest BCUT2D eigenvalue weighted by atomic mass is 9.97. The number of benzene rings is 2. The molecular formula is C26H24N4O2. The first-order chi connectivity index (χ1) is 15.6. The maximum absolute atomic E-state index is 12.9. The third kappa shape index (κ3) is 3.64. The van der Waals surface area contributed by atoms with Crippen LogP contribution in [0.2, 0.25) is 0 Å². The molecule has 0 radical (unpaired) electrons. The highest BCUT2D eigenvalue weighted by atomic mass is 16.3. The molecule has 0 unspecified atom stereocenters. The fourth-order valence-electron chi connectivity index (χ4n) is 4.10. The van der Waals surface area contributed by atoms with Gasteiger partial charge in [0.15, 0.2) is 0 Å². The van der Waals surface area contributed by atoms with Crippen molar-refractivity contribution in [1.29, 1.82) is 0 Å². The minimum Gasteiger partial charge on any atom is -0.463 e. The van der Waals surface area contributed by atoms with Crippen LogP contribution in [-0.2, 0) is 4.79 Å². The molecule has 5 rings (SSSR count).